The summed E-state index contributed by atoms with van der Waals surface area (Å²) in [4.78, 5) is 4.26. The van der Waals surface area contributed by atoms with Crippen LogP contribution in [0.3, 0.4) is 0 Å². The molecule has 3 unspecified atom stereocenters. The van der Waals surface area contributed by atoms with Gasteiger partial charge in [-0.05, 0) is 30.4 Å². The number of nitrogens with zero attached hydrogens (tertiary/aromatic N) is 1. The Labute approximate surface area is 173 Å². The molecule has 0 aromatic heterocycles. The predicted octanol–water partition coefficient (Wildman–Crippen LogP) is 3.51. The normalized spacial score (nSPS) is 21.6. The van der Waals surface area contributed by atoms with E-state index in [9.17, 15) is 17.4 Å². The van der Waals surface area contributed by atoms with E-state index in [1.54, 1.807) is 19.2 Å². The molecule has 1 aromatic rings. The van der Waals surface area contributed by atoms with Gasteiger partial charge in [-0.25, -0.2) is 0 Å². The van der Waals surface area contributed by atoms with Crippen LogP contribution < -0.4 is 10.6 Å². The number of nitrogens with one attached hydrogen (secondary N) is 2. The molecule has 3 atom stereocenters. The minimum absolute atomic E-state index is 0.0850. The lowest BCUT2D eigenvalue weighted by Crippen LogP contribution is -2.46. The molecule has 1 fully saturated rings. The highest BCUT2D eigenvalue weighted by Crippen LogP contribution is 2.23. The molecular weight excluding hydrogens is 403 g/mol. The second kappa shape index (κ2) is 11.5. The first-order chi connectivity index (χ1) is 13.8. The standard InChI is InChI=1S/C20H30F3N3O2S/c1-3-29(27)18-9-5-8-17(11-18)26-19(24-2)25-12-15-6-4-7-16(10-15)13-28-14-20(21,22)23/h4,6-7,10,17-18H,3,5,8-9,11-14H2,1-2H3,(H2,24,25,26). The fourth-order valence-corrected chi connectivity index (χ4v) is 4.79. The van der Waals surface area contributed by atoms with Crippen LogP contribution in [-0.2, 0) is 28.7 Å². The Balaban J connectivity index is 1.83. The zero-order valence-corrected chi connectivity index (χ0v) is 17.7. The maximum Gasteiger partial charge on any atom is 0.411 e. The Morgan fingerprint density at radius 1 is 1.31 bits per heavy atom. The van der Waals surface area contributed by atoms with E-state index >= 15 is 0 Å². The molecule has 1 aliphatic rings. The molecule has 0 spiro atoms. The molecule has 0 saturated heterocycles. The SMILES string of the molecule is CCS(=O)C1CCCC(NC(=NC)NCc2cccc(COCC(F)(F)F)c2)C1. The molecule has 0 bridgehead atoms. The van der Waals surface area contributed by atoms with Crippen molar-refractivity contribution in [2.45, 2.75) is 63.2 Å². The molecule has 0 aliphatic heterocycles. The van der Waals surface area contributed by atoms with E-state index in [1.807, 2.05) is 19.1 Å². The first-order valence-corrected chi connectivity index (χ1v) is 11.3. The van der Waals surface area contributed by atoms with E-state index in [0.29, 0.717) is 23.8 Å². The highest BCUT2D eigenvalue weighted by atomic mass is 32.2. The van der Waals surface area contributed by atoms with Gasteiger partial charge in [-0.3, -0.25) is 9.20 Å². The molecule has 29 heavy (non-hydrogen) atoms. The topological polar surface area (TPSA) is 62.7 Å². The molecule has 2 rings (SSSR count). The third kappa shape index (κ3) is 8.74. The first-order valence-electron chi connectivity index (χ1n) is 9.87. The summed E-state index contributed by atoms with van der Waals surface area (Å²) in [6.45, 7) is 1.11. The van der Waals surface area contributed by atoms with Crippen molar-refractivity contribution in [1.29, 1.82) is 0 Å². The number of hydrogen-bond donors (Lipinski definition) is 2. The van der Waals surface area contributed by atoms with E-state index < -0.39 is 23.6 Å². The van der Waals surface area contributed by atoms with Gasteiger partial charge in [0.2, 0.25) is 0 Å². The summed E-state index contributed by atoms with van der Waals surface area (Å²) >= 11 is 0. The Kier molecular flexibility index (Phi) is 9.42. The summed E-state index contributed by atoms with van der Waals surface area (Å²) in [5, 5.41) is 6.88. The van der Waals surface area contributed by atoms with Crippen molar-refractivity contribution in [1.82, 2.24) is 10.6 Å². The van der Waals surface area contributed by atoms with Crippen LogP contribution in [0.4, 0.5) is 13.2 Å². The fraction of sp³-hybridized carbons (Fsp3) is 0.650. The van der Waals surface area contributed by atoms with Gasteiger partial charge in [0.1, 0.15) is 6.61 Å². The Morgan fingerprint density at radius 2 is 2.07 bits per heavy atom. The first kappa shape index (κ1) is 23.7. The monoisotopic (exact) mass is 433 g/mol. The summed E-state index contributed by atoms with van der Waals surface area (Å²) in [6.07, 6.45) is -0.380. The van der Waals surface area contributed by atoms with Crippen molar-refractivity contribution in [3.05, 3.63) is 35.4 Å². The second-order valence-electron chi connectivity index (χ2n) is 7.15. The molecule has 0 amide bonds. The van der Waals surface area contributed by atoms with Crippen LogP contribution in [0.25, 0.3) is 0 Å². The van der Waals surface area contributed by atoms with E-state index in [2.05, 4.69) is 15.6 Å². The predicted molar refractivity (Wildman–Crippen MR) is 110 cm³/mol. The number of guanidine groups is 1. The maximum absolute atomic E-state index is 12.2. The molecular formula is C20H30F3N3O2S. The van der Waals surface area contributed by atoms with Gasteiger partial charge >= 0.3 is 6.18 Å². The maximum atomic E-state index is 12.2. The summed E-state index contributed by atoms with van der Waals surface area (Å²) in [5.41, 5.74) is 1.61. The van der Waals surface area contributed by atoms with Crippen LogP contribution in [-0.4, -0.2) is 47.0 Å². The smallest absolute Gasteiger partial charge is 0.367 e. The van der Waals surface area contributed by atoms with Crippen LogP contribution >= 0.6 is 0 Å². The lowest BCUT2D eigenvalue weighted by atomic mass is 9.95. The van der Waals surface area contributed by atoms with Gasteiger partial charge < -0.3 is 15.4 Å². The van der Waals surface area contributed by atoms with Gasteiger partial charge in [0, 0.05) is 41.4 Å². The van der Waals surface area contributed by atoms with Crippen LogP contribution in [0.15, 0.2) is 29.3 Å². The van der Waals surface area contributed by atoms with Crippen molar-refractivity contribution in [3.8, 4) is 0 Å². The second-order valence-corrected chi connectivity index (χ2v) is 9.16. The molecule has 0 heterocycles. The van der Waals surface area contributed by atoms with Gasteiger partial charge in [0.25, 0.3) is 0 Å². The van der Waals surface area contributed by atoms with Gasteiger partial charge in [-0.2, -0.15) is 13.2 Å². The van der Waals surface area contributed by atoms with Gasteiger partial charge in [-0.15, -0.1) is 0 Å². The minimum atomic E-state index is -4.32. The Hall–Kier alpha value is -1.61. The van der Waals surface area contributed by atoms with Crippen LogP contribution in [0, 0.1) is 0 Å². The number of ether oxygens (including phenoxy) is 1. The van der Waals surface area contributed by atoms with Crippen molar-refractivity contribution in [3.63, 3.8) is 0 Å². The van der Waals surface area contributed by atoms with E-state index in [1.165, 1.54) is 0 Å². The van der Waals surface area contributed by atoms with Gasteiger partial charge in [0.15, 0.2) is 5.96 Å². The highest BCUT2D eigenvalue weighted by molar-refractivity contribution is 7.85. The summed E-state index contributed by atoms with van der Waals surface area (Å²) < 4.78 is 53.4. The van der Waals surface area contributed by atoms with E-state index in [-0.39, 0.29) is 17.9 Å². The van der Waals surface area contributed by atoms with Crippen molar-refractivity contribution in [2.75, 3.05) is 19.4 Å². The number of halogens is 3. The van der Waals surface area contributed by atoms with Crippen molar-refractivity contribution in [2.24, 2.45) is 4.99 Å². The van der Waals surface area contributed by atoms with Crippen LogP contribution in [0.5, 0.6) is 0 Å². The molecule has 1 aliphatic carbocycles. The fourth-order valence-electron chi connectivity index (χ4n) is 3.44. The zero-order chi connectivity index (χ0) is 21.3. The minimum Gasteiger partial charge on any atom is -0.367 e. The molecule has 1 saturated carbocycles. The molecule has 9 heteroatoms. The van der Waals surface area contributed by atoms with Crippen LogP contribution in [0.2, 0.25) is 0 Å². The number of aliphatic imine (C=N–C) groups is 1. The Morgan fingerprint density at radius 3 is 2.76 bits per heavy atom. The van der Waals surface area contributed by atoms with Gasteiger partial charge in [0.05, 0.1) is 6.61 Å². The molecule has 5 nitrogen and oxygen atoms in total. The summed E-state index contributed by atoms with van der Waals surface area (Å²) in [6, 6.07) is 7.48. The summed E-state index contributed by atoms with van der Waals surface area (Å²) in [5.74, 6) is 1.35. The van der Waals surface area contributed by atoms with Crippen LogP contribution in [0.1, 0.15) is 43.7 Å². The lowest BCUT2D eigenvalue weighted by molar-refractivity contribution is -0.176. The zero-order valence-electron chi connectivity index (χ0n) is 16.9. The quantitative estimate of drug-likeness (QED) is 0.487. The number of hydrogen-bond acceptors (Lipinski definition) is 3. The van der Waals surface area contributed by atoms with Crippen molar-refractivity contribution < 1.29 is 22.1 Å². The average molecular weight is 434 g/mol. The Bertz CT molecular complexity index is 698. The highest BCUT2D eigenvalue weighted by Gasteiger charge is 2.27. The van der Waals surface area contributed by atoms with Gasteiger partial charge in [-0.1, -0.05) is 37.6 Å². The lowest BCUT2D eigenvalue weighted by Gasteiger charge is -2.30. The third-order valence-electron chi connectivity index (χ3n) is 4.83. The third-order valence-corrected chi connectivity index (χ3v) is 6.57. The molecule has 0 radical (unpaired) electrons. The molecule has 1 aromatic carbocycles. The number of benzene rings is 1. The van der Waals surface area contributed by atoms with Crippen molar-refractivity contribution >= 4 is 16.8 Å². The largest absolute Gasteiger partial charge is 0.411 e. The molecule has 2 N–H and O–H groups in total. The van der Waals surface area contributed by atoms with E-state index in [4.69, 9.17) is 4.74 Å². The molecule has 164 valence electrons. The summed E-state index contributed by atoms with van der Waals surface area (Å²) in [7, 11) is 0.917. The van der Waals surface area contributed by atoms with E-state index in [0.717, 1.165) is 31.2 Å². The average Bonchev–Trinajstić information content (AvgIpc) is 2.70. The number of alkyl halides is 3. The number of rotatable bonds is 8.